The summed E-state index contributed by atoms with van der Waals surface area (Å²) in [7, 11) is -3.39. The average molecular weight is 341 g/mol. The van der Waals surface area contributed by atoms with E-state index in [2.05, 4.69) is 25.7 Å². The van der Waals surface area contributed by atoms with Crippen molar-refractivity contribution < 1.29 is 8.42 Å². The SMILES string of the molecule is CCCCc1ccc(S(=O)(=O)N(CC)CCN(CC)CC)cc1. The van der Waals surface area contributed by atoms with Crippen LogP contribution in [0.5, 0.6) is 0 Å². The third kappa shape index (κ3) is 5.90. The van der Waals surface area contributed by atoms with Crippen LogP contribution in [0, 0.1) is 0 Å². The quantitative estimate of drug-likeness (QED) is 0.620. The highest BCUT2D eigenvalue weighted by atomic mass is 32.2. The molecule has 0 spiro atoms. The van der Waals surface area contributed by atoms with Crippen molar-refractivity contribution in [1.82, 2.24) is 9.21 Å². The Morgan fingerprint density at radius 2 is 1.48 bits per heavy atom. The smallest absolute Gasteiger partial charge is 0.243 e. The number of aryl methyl sites for hydroxylation is 1. The fourth-order valence-electron chi connectivity index (χ4n) is 2.60. The first-order valence-corrected chi connectivity index (χ1v) is 10.2. The van der Waals surface area contributed by atoms with Gasteiger partial charge in [0.1, 0.15) is 0 Å². The molecule has 0 aromatic heterocycles. The van der Waals surface area contributed by atoms with Crippen LogP contribution in [0.4, 0.5) is 0 Å². The Balaban J connectivity index is 2.81. The fraction of sp³-hybridized carbons (Fsp3) is 0.667. The molecule has 0 saturated carbocycles. The van der Waals surface area contributed by atoms with Crippen molar-refractivity contribution in [3.63, 3.8) is 0 Å². The highest BCUT2D eigenvalue weighted by molar-refractivity contribution is 7.89. The summed E-state index contributed by atoms with van der Waals surface area (Å²) in [5, 5.41) is 0. The minimum atomic E-state index is -3.39. The van der Waals surface area contributed by atoms with E-state index in [-0.39, 0.29) is 0 Å². The number of rotatable bonds is 11. The largest absolute Gasteiger partial charge is 0.303 e. The van der Waals surface area contributed by atoms with E-state index in [1.54, 1.807) is 16.4 Å². The third-order valence-corrected chi connectivity index (χ3v) is 6.28. The van der Waals surface area contributed by atoms with Crippen molar-refractivity contribution in [3.8, 4) is 0 Å². The molecule has 0 amide bonds. The number of hydrogen-bond acceptors (Lipinski definition) is 3. The molecule has 1 aromatic carbocycles. The zero-order valence-corrected chi connectivity index (χ0v) is 15.9. The van der Waals surface area contributed by atoms with Gasteiger partial charge in [0.2, 0.25) is 10.0 Å². The van der Waals surface area contributed by atoms with Gasteiger partial charge in [-0.3, -0.25) is 0 Å². The van der Waals surface area contributed by atoms with Crippen molar-refractivity contribution in [2.75, 3.05) is 32.7 Å². The van der Waals surface area contributed by atoms with Crippen LogP contribution < -0.4 is 0 Å². The Labute approximate surface area is 142 Å². The van der Waals surface area contributed by atoms with Crippen molar-refractivity contribution in [1.29, 1.82) is 0 Å². The molecule has 0 heterocycles. The van der Waals surface area contributed by atoms with Gasteiger partial charge in [0.25, 0.3) is 0 Å². The maximum Gasteiger partial charge on any atom is 0.243 e. The monoisotopic (exact) mass is 340 g/mol. The molecule has 1 rings (SSSR count). The van der Waals surface area contributed by atoms with Gasteiger partial charge in [-0.2, -0.15) is 4.31 Å². The molecular weight excluding hydrogens is 308 g/mol. The number of sulfonamides is 1. The van der Waals surface area contributed by atoms with E-state index in [0.29, 0.717) is 18.0 Å². The van der Waals surface area contributed by atoms with Gasteiger partial charge in [0, 0.05) is 19.6 Å². The van der Waals surface area contributed by atoms with Crippen LogP contribution in [0.15, 0.2) is 29.2 Å². The summed E-state index contributed by atoms with van der Waals surface area (Å²) in [4.78, 5) is 2.64. The van der Waals surface area contributed by atoms with Gasteiger partial charge in [0.15, 0.2) is 0 Å². The molecule has 0 unspecified atom stereocenters. The maximum absolute atomic E-state index is 12.8. The standard InChI is InChI=1S/C18H32N2O2S/c1-5-9-10-17-11-13-18(14-12-17)23(21,22)20(8-4)16-15-19(6-2)7-3/h11-14H,5-10,15-16H2,1-4H3. The summed E-state index contributed by atoms with van der Waals surface area (Å²) in [6.07, 6.45) is 3.29. The van der Waals surface area contributed by atoms with E-state index < -0.39 is 10.0 Å². The van der Waals surface area contributed by atoms with Gasteiger partial charge in [-0.15, -0.1) is 0 Å². The maximum atomic E-state index is 12.8. The van der Waals surface area contributed by atoms with Crippen LogP contribution in [-0.4, -0.2) is 50.3 Å². The lowest BCUT2D eigenvalue weighted by molar-refractivity contribution is 0.274. The van der Waals surface area contributed by atoms with Gasteiger partial charge in [0.05, 0.1) is 4.90 Å². The van der Waals surface area contributed by atoms with E-state index in [1.807, 2.05) is 19.1 Å². The molecule has 0 radical (unpaired) electrons. The Hall–Kier alpha value is -0.910. The number of hydrogen-bond donors (Lipinski definition) is 0. The van der Waals surface area contributed by atoms with E-state index >= 15 is 0 Å². The second kappa shape index (κ2) is 10.1. The molecule has 23 heavy (non-hydrogen) atoms. The second-order valence-corrected chi connectivity index (χ2v) is 7.71. The topological polar surface area (TPSA) is 40.6 Å². The summed E-state index contributed by atoms with van der Waals surface area (Å²) in [6.45, 7) is 12.0. The highest BCUT2D eigenvalue weighted by Gasteiger charge is 2.23. The first kappa shape index (κ1) is 20.1. The Kier molecular flexibility index (Phi) is 8.81. The lowest BCUT2D eigenvalue weighted by Crippen LogP contribution is -2.38. The van der Waals surface area contributed by atoms with Crippen LogP contribution in [0.1, 0.15) is 46.1 Å². The van der Waals surface area contributed by atoms with Crippen molar-refractivity contribution in [3.05, 3.63) is 29.8 Å². The van der Waals surface area contributed by atoms with Crippen molar-refractivity contribution >= 4 is 10.0 Å². The number of likely N-dealkylation sites (N-methyl/N-ethyl adjacent to an activating group) is 2. The molecule has 1 aromatic rings. The van der Waals surface area contributed by atoms with Gasteiger partial charge < -0.3 is 4.90 Å². The molecule has 132 valence electrons. The van der Waals surface area contributed by atoms with Gasteiger partial charge in [-0.1, -0.05) is 46.2 Å². The molecule has 0 aliphatic heterocycles. The Morgan fingerprint density at radius 1 is 0.870 bits per heavy atom. The lowest BCUT2D eigenvalue weighted by Gasteiger charge is -2.25. The van der Waals surface area contributed by atoms with Crippen LogP contribution >= 0.6 is 0 Å². The number of benzene rings is 1. The zero-order chi connectivity index (χ0) is 17.3. The van der Waals surface area contributed by atoms with Gasteiger partial charge in [-0.05, 0) is 43.6 Å². The summed E-state index contributed by atoms with van der Waals surface area (Å²) >= 11 is 0. The van der Waals surface area contributed by atoms with Crippen LogP contribution in [0.25, 0.3) is 0 Å². The van der Waals surface area contributed by atoms with E-state index in [0.717, 1.165) is 38.9 Å². The van der Waals surface area contributed by atoms with E-state index in [1.165, 1.54) is 5.56 Å². The minimum absolute atomic E-state index is 0.402. The average Bonchev–Trinajstić information content (AvgIpc) is 2.57. The molecule has 4 nitrogen and oxygen atoms in total. The molecule has 0 bridgehead atoms. The van der Waals surface area contributed by atoms with Crippen LogP contribution in [0.3, 0.4) is 0 Å². The van der Waals surface area contributed by atoms with Gasteiger partial charge in [-0.25, -0.2) is 8.42 Å². The summed E-state index contributed by atoms with van der Waals surface area (Å²) in [6, 6.07) is 7.39. The first-order valence-electron chi connectivity index (χ1n) is 8.80. The molecule has 0 aliphatic carbocycles. The first-order chi connectivity index (χ1) is 11.0. The summed E-state index contributed by atoms with van der Waals surface area (Å²) in [5.41, 5.74) is 1.21. The molecule has 5 heteroatoms. The molecule has 0 aliphatic rings. The molecule has 0 atom stereocenters. The normalized spacial score (nSPS) is 12.3. The summed E-state index contributed by atoms with van der Waals surface area (Å²) < 4.78 is 27.1. The molecule has 0 N–H and O–H groups in total. The van der Waals surface area contributed by atoms with Crippen molar-refractivity contribution in [2.24, 2.45) is 0 Å². The van der Waals surface area contributed by atoms with Crippen LogP contribution in [-0.2, 0) is 16.4 Å². The minimum Gasteiger partial charge on any atom is -0.303 e. The molecular formula is C18H32N2O2S. The molecule has 0 saturated heterocycles. The van der Waals surface area contributed by atoms with Crippen LogP contribution in [0.2, 0.25) is 0 Å². The van der Waals surface area contributed by atoms with E-state index in [4.69, 9.17) is 0 Å². The molecule has 0 fully saturated rings. The Bertz CT molecular complexity index is 537. The van der Waals surface area contributed by atoms with Gasteiger partial charge >= 0.3 is 0 Å². The summed E-state index contributed by atoms with van der Waals surface area (Å²) in [5.74, 6) is 0. The third-order valence-electron chi connectivity index (χ3n) is 4.29. The highest BCUT2D eigenvalue weighted by Crippen LogP contribution is 2.17. The predicted octanol–water partition coefficient (Wildman–Crippen LogP) is 3.38. The van der Waals surface area contributed by atoms with Crippen molar-refractivity contribution in [2.45, 2.75) is 51.9 Å². The lowest BCUT2D eigenvalue weighted by atomic mass is 10.1. The predicted molar refractivity (Wildman–Crippen MR) is 97.3 cm³/mol. The fourth-order valence-corrected chi connectivity index (χ4v) is 4.04. The zero-order valence-electron chi connectivity index (χ0n) is 15.1. The second-order valence-electron chi connectivity index (χ2n) is 5.77. The number of unbranched alkanes of at least 4 members (excludes halogenated alkanes) is 1. The van der Waals surface area contributed by atoms with E-state index in [9.17, 15) is 8.42 Å². The Morgan fingerprint density at radius 3 is 1.96 bits per heavy atom. The number of nitrogens with zero attached hydrogens (tertiary/aromatic N) is 2.